The molecule has 0 atom stereocenters. The number of benzene rings is 2. The lowest BCUT2D eigenvalue weighted by molar-refractivity contribution is 0.129. The van der Waals surface area contributed by atoms with Crippen LogP contribution >= 0.6 is 34.8 Å². The lowest BCUT2D eigenvalue weighted by Crippen LogP contribution is -2.10. The Bertz CT molecular complexity index is 752. The second-order valence-corrected chi connectivity index (χ2v) is 7.03. The Kier molecular flexibility index (Phi) is 7.63. The fourth-order valence-electron chi connectivity index (χ4n) is 2.11. The first kappa shape index (κ1) is 19.6. The Labute approximate surface area is 162 Å². The molecule has 0 radical (unpaired) electrons. The van der Waals surface area contributed by atoms with Gasteiger partial charge in [0.2, 0.25) is 0 Å². The van der Waals surface area contributed by atoms with Gasteiger partial charge in [-0.15, -0.1) is 0 Å². The summed E-state index contributed by atoms with van der Waals surface area (Å²) in [6.45, 7) is 4.44. The van der Waals surface area contributed by atoms with Gasteiger partial charge < -0.3 is 9.57 Å². The largest absolute Gasteiger partial charge is 0.462 e. The van der Waals surface area contributed by atoms with Crippen LogP contribution in [0.15, 0.2) is 64.4 Å². The van der Waals surface area contributed by atoms with E-state index in [1.165, 1.54) is 6.26 Å². The van der Waals surface area contributed by atoms with Crippen molar-refractivity contribution < 1.29 is 9.57 Å². The molecule has 3 nitrogen and oxygen atoms in total. The molecule has 0 fully saturated rings. The highest BCUT2D eigenvalue weighted by Crippen LogP contribution is 2.18. The predicted octanol–water partition coefficient (Wildman–Crippen LogP) is 6.57. The Morgan fingerprint density at radius 3 is 2.48 bits per heavy atom. The summed E-state index contributed by atoms with van der Waals surface area (Å²) in [5, 5.41) is 4.99. The van der Waals surface area contributed by atoms with Crippen molar-refractivity contribution in [1.29, 1.82) is 0 Å². The van der Waals surface area contributed by atoms with Crippen molar-refractivity contribution in [3.05, 3.63) is 75.4 Å². The van der Waals surface area contributed by atoms with Crippen molar-refractivity contribution in [2.45, 2.75) is 20.5 Å². The Hall–Kier alpha value is -1.68. The lowest BCUT2D eigenvalue weighted by Gasteiger charge is -2.11. The molecule has 25 heavy (non-hydrogen) atoms. The smallest absolute Gasteiger partial charge is 0.142 e. The standard InChI is InChI=1S/C19H18Cl3NO2/c1-13(2)19(15-6-8-16(20)9-7-15)23-25-11-14-4-3-5-17(10-14)24-12-18(21)22/h3-10,12-13H,11H2,1-2H3/b23-19+. The van der Waals surface area contributed by atoms with Crippen molar-refractivity contribution >= 4 is 40.5 Å². The van der Waals surface area contributed by atoms with Crippen LogP contribution in [0, 0.1) is 5.92 Å². The SMILES string of the molecule is CC(C)/C(=N\OCc1cccc(OC=C(Cl)Cl)c1)c1ccc(Cl)cc1. The van der Waals surface area contributed by atoms with Gasteiger partial charge in [0, 0.05) is 5.02 Å². The Morgan fingerprint density at radius 2 is 1.84 bits per heavy atom. The molecular formula is C19H18Cl3NO2. The zero-order chi connectivity index (χ0) is 18.2. The molecule has 0 aliphatic rings. The normalized spacial score (nSPS) is 11.4. The van der Waals surface area contributed by atoms with E-state index in [-0.39, 0.29) is 10.4 Å². The van der Waals surface area contributed by atoms with Crippen LogP contribution < -0.4 is 4.74 Å². The van der Waals surface area contributed by atoms with E-state index in [9.17, 15) is 0 Å². The van der Waals surface area contributed by atoms with Crippen LogP contribution in [-0.4, -0.2) is 5.71 Å². The number of halogens is 3. The van der Waals surface area contributed by atoms with Gasteiger partial charge in [0.1, 0.15) is 23.1 Å². The summed E-state index contributed by atoms with van der Waals surface area (Å²) in [5.41, 5.74) is 2.76. The van der Waals surface area contributed by atoms with E-state index < -0.39 is 0 Å². The van der Waals surface area contributed by atoms with E-state index in [2.05, 4.69) is 19.0 Å². The molecule has 6 heteroatoms. The van der Waals surface area contributed by atoms with Crippen molar-refractivity contribution in [2.75, 3.05) is 0 Å². The second kappa shape index (κ2) is 9.71. The zero-order valence-corrected chi connectivity index (χ0v) is 16.1. The van der Waals surface area contributed by atoms with Gasteiger partial charge in [0.25, 0.3) is 0 Å². The molecule has 2 aromatic rings. The minimum Gasteiger partial charge on any atom is -0.462 e. The van der Waals surface area contributed by atoms with E-state index in [1.54, 1.807) is 6.07 Å². The molecule has 2 aromatic carbocycles. The number of rotatable bonds is 7. The van der Waals surface area contributed by atoms with E-state index in [1.807, 2.05) is 42.5 Å². The highest BCUT2D eigenvalue weighted by Gasteiger charge is 2.09. The predicted molar refractivity (Wildman–Crippen MR) is 104 cm³/mol. The summed E-state index contributed by atoms with van der Waals surface area (Å²) < 4.78 is 5.38. The lowest BCUT2D eigenvalue weighted by atomic mass is 10.0. The summed E-state index contributed by atoms with van der Waals surface area (Å²) in [7, 11) is 0. The molecule has 0 aromatic heterocycles. The number of ether oxygens (including phenoxy) is 1. The summed E-state index contributed by atoms with van der Waals surface area (Å²) in [6.07, 6.45) is 1.26. The fraction of sp³-hybridized carbons (Fsp3) is 0.211. The van der Waals surface area contributed by atoms with Crippen LogP contribution in [-0.2, 0) is 11.4 Å². The van der Waals surface area contributed by atoms with Crippen molar-refractivity contribution in [3.63, 3.8) is 0 Å². The molecule has 0 N–H and O–H groups in total. The van der Waals surface area contributed by atoms with Gasteiger partial charge >= 0.3 is 0 Å². The van der Waals surface area contributed by atoms with Gasteiger partial charge in [-0.3, -0.25) is 0 Å². The van der Waals surface area contributed by atoms with Crippen LogP contribution in [0.25, 0.3) is 0 Å². The number of hydrogen-bond acceptors (Lipinski definition) is 3. The average Bonchev–Trinajstić information content (AvgIpc) is 2.58. The van der Waals surface area contributed by atoms with Crippen LogP contribution in [0.3, 0.4) is 0 Å². The topological polar surface area (TPSA) is 30.8 Å². The molecule has 0 amide bonds. The highest BCUT2D eigenvalue weighted by molar-refractivity contribution is 6.55. The van der Waals surface area contributed by atoms with E-state index in [0.717, 1.165) is 16.8 Å². The molecule has 0 spiro atoms. The van der Waals surface area contributed by atoms with Crippen LogP contribution in [0.4, 0.5) is 0 Å². The van der Waals surface area contributed by atoms with E-state index in [0.29, 0.717) is 17.4 Å². The van der Waals surface area contributed by atoms with Crippen molar-refractivity contribution in [3.8, 4) is 5.75 Å². The third kappa shape index (κ3) is 6.62. The molecule has 0 saturated heterocycles. The van der Waals surface area contributed by atoms with Gasteiger partial charge in [-0.1, -0.05) is 78.1 Å². The number of nitrogens with zero attached hydrogens (tertiary/aromatic N) is 1. The quantitative estimate of drug-likeness (QED) is 0.300. The monoisotopic (exact) mass is 397 g/mol. The molecule has 0 bridgehead atoms. The first-order valence-electron chi connectivity index (χ1n) is 7.68. The maximum atomic E-state index is 5.94. The summed E-state index contributed by atoms with van der Waals surface area (Å²) >= 11 is 17.0. The first-order valence-corrected chi connectivity index (χ1v) is 8.81. The average molecular weight is 399 g/mol. The Morgan fingerprint density at radius 1 is 1.12 bits per heavy atom. The number of hydrogen-bond donors (Lipinski definition) is 0. The molecule has 0 heterocycles. The van der Waals surface area contributed by atoms with Crippen molar-refractivity contribution in [2.24, 2.45) is 11.1 Å². The van der Waals surface area contributed by atoms with Gasteiger partial charge in [0.15, 0.2) is 0 Å². The molecule has 132 valence electrons. The molecule has 0 aliphatic heterocycles. The van der Waals surface area contributed by atoms with Gasteiger partial charge in [0.05, 0.1) is 5.71 Å². The molecular weight excluding hydrogens is 381 g/mol. The van der Waals surface area contributed by atoms with E-state index >= 15 is 0 Å². The zero-order valence-electron chi connectivity index (χ0n) is 13.9. The van der Waals surface area contributed by atoms with Crippen LogP contribution in [0.1, 0.15) is 25.0 Å². The van der Waals surface area contributed by atoms with Gasteiger partial charge in [-0.25, -0.2) is 0 Å². The highest BCUT2D eigenvalue weighted by atomic mass is 35.5. The maximum absolute atomic E-state index is 5.94. The summed E-state index contributed by atoms with van der Waals surface area (Å²) in [5.74, 6) is 0.831. The van der Waals surface area contributed by atoms with Crippen LogP contribution in [0.5, 0.6) is 5.75 Å². The fourth-order valence-corrected chi connectivity index (χ4v) is 2.32. The molecule has 0 aliphatic carbocycles. The second-order valence-electron chi connectivity index (χ2n) is 5.58. The summed E-state index contributed by atoms with van der Waals surface area (Å²) in [4.78, 5) is 5.54. The third-order valence-corrected chi connectivity index (χ3v) is 3.69. The summed E-state index contributed by atoms with van der Waals surface area (Å²) in [6, 6.07) is 15.0. The van der Waals surface area contributed by atoms with Crippen LogP contribution in [0.2, 0.25) is 5.02 Å². The first-order chi connectivity index (χ1) is 12.0. The van der Waals surface area contributed by atoms with Gasteiger partial charge in [-0.2, -0.15) is 0 Å². The van der Waals surface area contributed by atoms with Crippen molar-refractivity contribution in [1.82, 2.24) is 0 Å². The number of oxime groups is 1. The molecule has 0 saturated carbocycles. The minimum absolute atomic E-state index is 0.0517. The third-order valence-electron chi connectivity index (χ3n) is 3.26. The Balaban J connectivity index is 2.06. The van der Waals surface area contributed by atoms with Gasteiger partial charge in [-0.05, 0) is 41.3 Å². The molecule has 2 rings (SSSR count). The van der Waals surface area contributed by atoms with E-state index in [4.69, 9.17) is 44.4 Å². The minimum atomic E-state index is 0.0517. The molecule has 0 unspecified atom stereocenters. The maximum Gasteiger partial charge on any atom is 0.142 e.